The summed E-state index contributed by atoms with van der Waals surface area (Å²) in [5, 5.41) is 6.82. The van der Waals surface area contributed by atoms with Crippen molar-refractivity contribution in [1.29, 1.82) is 0 Å². The van der Waals surface area contributed by atoms with Gasteiger partial charge in [-0.1, -0.05) is 17.8 Å². The zero-order chi connectivity index (χ0) is 17.9. The molecule has 0 aliphatic heterocycles. The molecule has 0 bridgehead atoms. The number of carbonyl (C=O) groups excluding carboxylic acids is 1. The average molecular weight is 401 g/mol. The molecule has 0 saturated carbocycles. The Morgan fingerprint density at radius 2 is 1.92 bits per heavy atom. The van der Waals surface area contributed by atoms with Gasteiger partial charge in [-0.2, -0.15) is 13.2 Å². The minimum Gasteiger partial charge on any atom is -0.317 e. The normalized spacial score (nSPS) is 11.5. The third-order valence-corrected chi connectivity index (χ3v) is 5.41. The number of anilines is 1. The summed E-state index contributed by atoms with van der Waals surface area (Å²) < 4.78 is 39.2. The first-order chi connectivity index (χ1) is 11.9. The SMILES string of the molecule is O=C(CSc1nc(-c2cccs2)cc(C(F)(F)F)n1)Nc1cccs1. The molecule has 3 aromatic heterocycles. The number of aromatic nitrogens is 2. The van der Waals surface area contributed by atoms with Crippen LogP contribution in [0.3, 0.4) is 0 Å². The lowest BCUT2D eigenvalue weighted by atomic mass is 10.3. The minimum absolute atomic E-state index is 0.0803. The molecular formula is C15H10F3N3OS3. The van der Waals surface area contributed by atoms with Crippen molar-refractivity contribution in [2.75, 3.05) is 11.1 Å². The van der Waals surface area contributed by atoms with E-state index in [4.69, 9.17) is 0 Å². The number of hydrogen-bond acceptors (Lipinski definition) is 6. The van der Waals surface area contributed by atoms with Gasteiger partial charge in [-0.3, -0.25) is 4.79 Å². The Kier molecular flexibility index (Phi) is 5.40. The predicted octanol–water partition coefficient (Wildman–Crippen LogP) is 5.02. The van der Waals surface area contributed by atoms with E-state index in [0.717, 1.165) is 17.8 Å². The van der Waals surface area contributed by atoms with Crippen LogP contribution in [0.2, 0.25) is 0 Å². The van der Waals surface area contributed by atoms with Crippen molar-refractivity contribution in [3.05, 3.63) is 46.8 Å². The molecule has 0 saturated heterocycles. The summed E-state index contributed by atoms with van der Waals surface area (Å²) in [5.41, 5.74) is -0.828. The Bertz CT molecular complexity index is 849. The number of thiophene rings is 2. The van der Waals surface area contributed by atoms with Crippen LogP contribution < -0.4 is 5.32 Å². The average Bonchev–Trinajstić information content (AvgIpc) is 3.25. The molecule has 0 fully saturated rings. The highest BCUT2D eigenvalue weighted by Gasteiger charge is 2.34. The van der Waals surface area contributed by atoms with E-state index < -0.39 is 11.9 Å². The van der Waals surface area contributed by atoms with Crippen LogP contribution in [0.5, 0.6) is 0 Å². The fourth-order valence-electron chi connectivity index (χ4n) is 1.84. The molecule has 0 aromatic carbocycles. The largest absolute Gasteiger partial charge is 0.433 e. The lowest BCUT2D eigenvalue weighted by molar-refractivity contribution is -0.141. The molecule has 130 valence electrons. The summed E-state index contributed by atoms with van der Waals surface area (Å²) in [4.78, 5) is 20.2. The highest BCUT2D eigenvalue weighted by Crippen LogP contribution is 2.33. The molecular weight excluding hydrogens is 391 g/mol. The predicted molar refractivity (Wildman–Crippen MR) is 94.0 cm³/mol. The van der Waals surface area contributed by atoms with Gasteiger partial charge in [0.15, 0.2) is 5.16 Å². The van der Waals surface area contributed by atoms with Gasteiger partial charge in [0.25, 0.3) is 0 Å². The summed E-state index contributed by atoms with van der Waals surface area (Å²) in [7, 11) is 0. The molecule has 4 nitrogen and oxygen atoms in total. The van der Waals surface area contributed by atoms with E-state index in [1.165, 1.54) is 22.7 Å². The van der Waals surface area contributed by atoms with E-state index in [-0.39, 0.29) is 22.5 Å². The standard InChI is InChI=1S/C15H10F3N3OS3/c16-15(17,18)11-7-9(10-3-1-5-23-10)19-14(20-11)25-8-12(22)21-13-4-2-6-24-13/h1-7H,8H2,(H,21,22). The Morgan fingerprint density at radius 1 is 1.16 bits per heavy atom. The van der Waals surface area contributed by atoms with Crippen LogP contribution in [0.25, 0.3) is 10.6 Å². The maximum absolute atomic E-state index is 13.1. The number of nitrogens with zero attached hydrogens (tertiary/aromatic N) is 2. The van der Waals surface area contributed by atoms with Crippen LogP contribution in [0, 0.1) is 0 Å². The van der Waals surface area contributed by atoms with Gasteiger partial charge in [0.1, 0.15) is 5.69 Å². The van der Waals surface area contributed by atoms with Crippen LogP contribution in [-0.2, 0) is 11.0 Å². The molecule has 1 N–H and O–H groups in total. The molecule has 3 aromatic rings. The van der Waals surface area contributed by atoms with Gasteiger partial charge < -0.3 is 5.32 Å². The van der Waals surface area contributed by atoms with Crippen LogP contribution in [-0.4, -0.2) is 21.6 Å². The number of rotatable bonds is 5. The zero-order valence-corrected chi connectivity index (χ0v) is 14.9. The first-order valence-electron chi connectivity index (χ1n) is 6.88. The van der Waals surface area contributed by atoms with Crippen LogP contribution >= 0.6 is 34.4 Å². The summed E-state index contributed by atoms with van der Waals surface area (Å²) >= 11 is 3.51. The number of alkyl halides is 3. The molecule has 3 heterocycles. The van der Waals surface area contributed by atoms with Gasteiger partial charge in [-0.05, 0) is 35.0 Å². The van der Waals surface area contributed by atoms with Gasteiger partial charge in [-0.25, -0.2) is 9.97 Å². The molecule has 0 radical (unpaired) electrons. The molecule has 0 aliphatic rings. The van der Waals surface area contributed by atoms with E-state index in [9.17, 15) is 18.0 Å². The van der Waals surface area contributed by atoms with Gasteiger partial charge in [0.2, 0.25) is 5.91 Å². The summed E-state index contributed by atoms with van der Waals surface area (Å²) in [6.45, 7) is 0. The fourth-order valence-corrected chi connectivity index (χ4v) is 3.82. The lowest BCUT2D eigenvalue weighted by Gasteiger charge is -2.09. The second kappa shape index (κ2) is 7.54. The van der Waals surface area contributed by atoms with Crippen molar-refractivity contribution < 1.29 is 18.0 Å². The monoisotopic (exact) mass is 401 g/mol. The van der Waals surface area contributed by atoms with E-state index in [1.54, 1.807) is 29.6 Å². The molecule has 0 spiro atoms. The number of halogens is 3. The smallest absolute Gasteiger partial charge is 0.317 e. The van der Waals surface area contributed by atoms with Gasteiger partial charge >= 0.3 is 6.18 Å². The van der Waals surface area contributed by atoms with Crippen molar-refractivity contribution in [2.24, 2.45) is 0 Å². The van der Waals surface area contributed by atoms with Crippen LogP contribution in [0.4, 0.5) is 18.2 Å². The fraction of sp³-hybridized carbons (Fsp3) is 0.133. The number of hydrogen-bond donors (Lipinski definition) is 1. The second-order valence-corrected chi connectivity index (χ2v) is 7.55. The van der Waals surface area contributed by atoms with Crippen LogP contribution in [0.1, 0.15) is 5.69 Å². The van der Waals surface area contributed by atoms with E-state index in [0.29, 0.717) is 9.88 Å². The highest BCUT2D eigenvalue weighted by atomic mass is 32.2. The number of carbonyl (C=O) groups is 1. The minimum atomic E-state index is -4.58. The number of amides is 1. The zero-order valence-electron chi connectivity index (χ0n) is 12.4. The third kappa shape index (κ3) is 4.80. The van der Waals surface area contributed by atoms with Crippen molar-refractivity contribution in [3.63, 3.8) is 0 Å². The van der Waals surface area contributed by atoms with Gasteiger partial charge in [-0.15, -0.1) is 22.7 Å². The van der Waals surface area contributed by atoms with Crippen molar-refractivity contribution in [3.8, 4) is 10.6 Å². The first kappa shape index (κ1) is 17.9. The van der Waals surface area contributed by atoms with Crippen molar-refractivity contribution in [2.45, 2.75) is 11.3 Å². The topological polar surface area (TPSA) is 54.9 Å². The Hall–Kier alpha value is -1.91. The first-order valence-corrected chi connectivity index (χ1v) is 9.62. The van der Waals surface area contributed by atoms with E-state index in [2.05, 4.69) is 15.3 Å². The molecule has 25 heavy (non-hydrogen) atoms. The molecule has 10 heteroatoms. The molecule has 0 atom stereocenters. The summed E-state index contributed by atoms with van der Waals surface area (Å²) in [6, 6.07) is 7.86. The van der Waals surface area contributed by atoms with Gasteiger partial charge in [0.05, 0.1) is 21.3 Å². The Labute approximate surface area is 153 Å². The number of thioether (sulfide) groups is 1. The number of nitrogens with one attached hydrogen (secondary N) is 1. The lowest BCUT2D eigenvalue weighted by Crippen LogP contribution is -2.14. The third-order valence-electron chi connectivity index (χ3n) is 2.89. The van der Waals surface area contributed by atoms with Crippen molar-refractivity contribution >= 4 is 45.3 Å². The summed E-state index contributed by atoms with van der Waals surface area (Å²) in [6.07, 6.45) is -4.58. The van der Waals surface area contributed by atoms with E-state index in [1.807, 2.05) is 5.38 Å². The van der Waals surface area contributed by atoms with Crippen LogP contribution in [0.15, 0.2) is 46.2 Å². The molecule has 1 amide bonds. The maximum atomic E-state index is 13.1. The highest BCUT2D eigenvalue weighted by molar-refractivity contribution is 7.99. The molecule has 0 unspecified atom stereocenters. The Morgan fingerprint density at radius 3 is 2.56 bits per heavy atom. The van der Waals surface area contributed by atoms with E-state index >= 15 is 0 Å². The molecule has 3 rings (SSSR count). The Balaban J connectivity index is 1.78. The van der Waals surface area contributed by atoms with Gasteiger partial charge in [0, 0.05) is 0 Å². The second-order valence-electron chi connectivity index (χ2n) is 4.71. The summed E-state index contributed by atoms with van der Waals surface area (Å²) in [5.74, 6) is -0.408. The maximum Gasteiger partial charge on any atom is 0.433 e. The molecule has 0 aliphatic carbocycles. The quantitative estimate of drug-likeness (QED) is 0.482. The van der Waals surface area contributed by atoms with Crippen molar-refractivity contribution in [1.82, 2.24) is 9.97 Å².